The van der Waals surface area contributed by atoms with Crippen LogP contribution in [0.25, 0.3) is 44.2 Å². The van der Waals surface area contributed by atoms with Crippen molar-refractivity contribution in [2.75, 3.05) is 34.5 Å². The van der Waals surface area contributed by atoms with Gasteiger partial charge in [-0.1, -0.05) is 52.3 Å². The zero-order chi connectivity index (χ0) is 44.7. The number of nitrogens with one attached hydrogen (secondary N) is 4. The topological polar surface area (TPSA) is 193 Å². The molecular formula is C47H58N8O8. The number of carbonyl (C=O) groups is 4. The highest BCUT2D eigenvalue weighted by molar-refractivity contribution is 6.07. The van der Waals surface area contributed by atoms with Gasteiger partial charge >= 0.3 is 12.2 Å². The number of imidazole rings is 2. The summed E-state index contributed by atoms with van der Waals surface area (Å²) in [6, 6.07) is 12.5. The van der Waals surface area contributed by atoms with Crippen molar-refractivity contribution in [2.24, 2.45) is 17.8 Å². The lowest BCUT2D eigenvalue weighted by Crippen LogP contribution is -2.53. The highest BCUT2D eigenvalue weighted by Crippen LogP contribution is 2.44. The molecule has 7 atom stereocenters. The maximum atomic E-state index is 14.1. The monoisotopic (exact) mass is 862 g/mol. The van der Waals surface area contributed by atoms with Gasteiger partial charge < -0.3 is 49.3 Å². The van der Waals surface area contributed by atoms with Gasteiger partial charge in [0.1, 0.15) is 36.1 Å². The maximum Gasteiger partial charge on any atom is 0.407 e. The summed E-state index contributed by atoms with van der Waals surface area (Å²) in [6.07, 6.45) is 3.49. The van der Waals surface area contributed by atoms with Gasteiger partial charge in [-0.25, -0.2) is 19.6 Å². The summed E-state index contributed by atoms with van der Waals surface area (Å²) in [5.41, 5.74) is 6.52. The van der Waals surface area contributed by atoms with E-state index in [1.165, 1.54) is 14.2 Å². The van der Waals surface area contributed by atoms with Crippen molar-refractivity contribution in [3.63, 3.8) is 0 Å². The van der Waals surface area contributed by atoms with Gasteiger partial charge in [0.2, 0.25) is 11.8 Å². The number of nitrogens with zero attached hydrogens (tertiary/aromatic N) is 4. The smallest absolute Gasteiger partial charge is 0.407 e. The van der Waals surface area contributed by atoms with E-state index < -0.39 is 24.3 Å². The number of fused-ring (bicyclic) bond motifs is 6. The summed E-state index contributed by atoms with van der Waals surface area (Å²) < 4.78 is 21.7. The normalized spacial score (nSPS) is 20.8. The Balaban J connectivity index is 1.05. The Kier molecular flexibility index (Phi) is 12.4. The Morgan fingerprint density at radius 2 is 1.65 bits per heavy atom. The van der Waals surface area contributed by atoms with Crippen LogP contribution >= 0.6 is 0 Å². The molecule has 2 fully saturated rings. The van der Waals surface area contributed by atoms with Crippen molar-refractivity contribution in [1.82, 2.24) is 40.4 Å². The number of aromatic nitrogens is 4. The lowest BCUT2D eigenvalue weighted by molar-refractivity contribution is -0.137. The number of ether oxygens (including phenoxy) is 4. The van der Waals surface area contributed by atoms with Gasteiger partial charge in [-0.3, -0.25) is 9.59 Å². The van der Waals surface area contributed by atoms with Gasteiger partial charge in [-0.2, -0.15) is 0 Å². The molecule has 4 N–H and O–H groups in total. The number of likely N-dealkylation sites (tertiary alicyclic amines) is 2. The van der Waals surface area contributed by atoms with E-state index in [9.17, 15) is 19.2 Å². The van der Waals surface area contributed by atoms with E-state index in [1.54, 1.807) is 7.11 Å². The summed E-state index contributed by atoms with van der Waals surface area (Å²) >= 11 is 0. The van der Waals surface area contributed by atoms with Crippen molar-refractivity contribution in [3.8, 4) is 28.1 Å². The number of carbonyl (C=O) groups excluding carboxylic acids is 4. The van der Waals surface area contributed by atoms with Crippen LogP contribution in [0.4, 0.5) is 9.59 Å². The lowest BCUT2D eigenvalue weighted by Gasteiger charge is -2.33. The first-order valence-electron chi connectivity index (χ1n) is 21.9. The van der Waals surface area contributed by atoms with Gasteiger partial charge in [0.05, 0.1) is 55.8 Å². The number of aromatic amines is 2. The van der Waals surface area contributed by atoms with Gasteiger partial charge in [0.25, 0.3) is 0 Å². The van der Waals surface area contributed by atoms with Gasteiger partial charge in [0, 0.05) is 36.6 Å². The number of H-pyrrole nitrogens is 2. The maximum absolute atomic E-state index is 14.1. The Morgan fingerprint density at radius 3 is 2.37 bits per heavy atom. The van der Waals surface area contributed by atoms with E-state index in [4.69, 9.17) is 28.9 Å². The molecule has 3 aromatic carbocycles. The molecule has 3 aliphatic heterocycles. The van der Waals surface area contributed by atoms with Gasteiger partial charge in [0.15, 0.2) is 0 Å². The fourth-order valence-electron chi connectivity index (χ4n) is 9.60. The molecule has 0 saturated carbocycles. The predicted molar refractivity (Wildman–Crippen MR) is 237 cm³/mol. The molecule has 16 nitrogen and oxygen atoms in total. The zero-order valence-corrected chi connectivity index (χ0v) is 37.2. The second kappa shape index (κ2) is 17.9. The van der Waals surface area contributed by atoms with Crippen LogP contribution in [0.2, 0.25) is 0 Å². The Morgan fingerprint density at radius 1 is 0.889 bits per heavy atom. The molecule has 0 spiro atoms. The summed E-state index contributed by atoms with van der Waals surface area (Å²) in [5.74, 6) is 1.67. The minimum Gasteiger partial charge on any atom is -0.488 e. The number of benzene rings is 3. The van der Waals surface area contributed by atoms with Crippen LogP contribution in [0.3, 0.4) is 0 Å². The second-order valence-corrected chi connectivity index (χ2v) is 17.6. The molecule has 63 heavy (non-hydrogen) atoms. The third-order valence-electron chi connectivity index (χ3n) is 13.2. The van der Waals surface area contributed by atoms with Crippen molar-refractivity contribution >= 4 is 45.8 Å². The lowest BCUT2D eigenvalue weighted by atomic mass is 9.92. The molecule has 2 aromatic heterocycles. The van der Waals surface area contributed by atoms with E-state index in [1.807, 2.05) is 56.7 Å². The third kappa shape index (κ3) is 8.28. The van der Waals surface area contributed by atoms with Crippen LogP contribution in [-0.4, -0.2) is 106 Å². The third-order valence-corrected chi connectivity index (χ3v) is 13.2. The zero-order valence-electron chi connectivity index (χ0n) is 37.2. The fraction of sp³-hybridized carbons (Fsp3) is 0.489. The molecule has 0 radical (unpaired) electrons. The average Bonchev–Trinajstić information content (AvgIpc) is 4.11. The van der Waals surface area contributed by atoms with Crippen LogP contribution in [-0.2, 0) is 30.4 Å². The van der Waals surface area contributed by atoms with Crippen LogP contribution in [0.15, 0.2) is 48.7 Å². The van der Waals surface area contributed by atoms with E-state index in [-0.39, 0.29) is 47.7 Å². The first-order valence-corrected chi connectivity index (χ1v) is 21.9. The molecule has 8 rings (SSSR count). The molecule has 2 saturated heterocycles. The predicted octanol–water partition coefficient (Wildman–Crippen LogP) is 7.40. The summed E-state index contributed by atoms with van der Waals surface area (Å²) in [6.45, 7) is 11.1. The van der Waals surface area contributed by atoms with Crippen LogP contribution in [0, 0.1) is 17.8 Å². The number of methoxy groups -OCH3 is 3. The molecule has 0 aliphatic carbocycles. The van der Waals surface area contributed by atoms with Gasteiger partial charge in [-0.05, 0) is 84.4 Å². The molecule has 334 valence electrons. The number of amides is 4. The molecule has 4 amide bonds. The molecular weight excluding hydrogens is 805 g/mol. The molecule has 16 heteroatoms. The average molecular weight is 863 g/mol. The van der Waals surface area contributed by atoms with E-state index in [2.05, 4.69) is 57.0 Å². The van der Waals surface area contributed by atoms with E-state index in [0.717, 1.165) is 74.8 Å². The molecule has 3 aliphatic rings. The molecule has 5 heterocycles. The number of alkyl carbamates (subject to hydrolysis) is 2. The molecule has 5 aromatic rings. The van der Waals surface area contributed by atoms with Crippen molar-refractivity contribution in [2.45, 2.75) is 97.1 Å². The standard InChI is InChI=1S/C47H58N8O8/c1-9-25(4)40(53-47(59)62-8)45(57)55-26(5)10-15-36(55)42-48-20-35(50-42)29-11-13-31-30(17-29)23-63-38-19-32-28(18-33(31)38)12-14-34-41(32)51-43(49-34)37-16-27(22-60-6)21-54(37)44(56)39(24(2)3)52-46(58)61-7/h11-14,17-20,24-27,36-37,39-40H,9-10,15-16,21-23H2,1-8H3,(H,48,50)(H,49,51)(H,52,58)(H,53,59)/t25-,26-,27-,36-,37-,39-,40-/m0/s1. The quantitative estimate of drug-likeness (QED) is 0.0982. The minimum atomic E-state index is -0.762. The molecule has 0 bridgehead atoms. The van der Waals surface area contributed by atoms with Crippen LogP contribution in [0.5, 0.6) is 5.75 Å². The summed E-state index contributed by atoms with van der Waals surface area (Å²) in [4.78, 5) is 73.1. The Bertz CT molecular complexity index is 2530. The highest BCUT2D eigenvalue weighted by Gasteiger charge is 2.43. The minimum absolute atomic E-state index is 0.0199. The van der Waals surface area contributed by atoms with Crippen molar-refractivity contribution in [1.29, 1.82) is 0 Å². The fourth-order valence-corrected chi connectivity index (χ4v) is 9.60. The van der Waals surface area contributed by atoms with E-state index in [0.29, 0.717) is 37.8 Å². The number of hydrogen-bond donors (Lipinski definition) is 4. The Labute approximate surface area is 366 Å². The summed E-state index contributed by atoms with van der Waals surface area (Å²) in [7, 11) is 4.25. The van der Waals surface area contributed by atoms with Gasteiger partial charge in [-0.15, -0.1) is 0 Å². The molecule has 0 unspecified atom stereocenters. The largest absolute Gasteiger partial charge is 0.488 e. The van der Waals surface area contributed by atoms with E-state index >= 15 is 0 Å². The van der Waals surface area contributed by atoms with Crippen molar-refractivity contribution < 1.29 is 38.1 Å². The van der Waals surface area contributed by atoms with Crippen molar-refractivity contribution in [3.05, 3.63) is 65.9 Å². The highest BCUT2D eigenvalue weighted by atomic mass is 16.5. The second-order valence-electron chi connectivity index (χ2n) is 17.6. The van der Waals surface area contributed by atoms with Crippen LogP contribution < -0.4 is 15.4 Å². The van der Waals surface area contributed by atoms with Crippen LogP contribution in [0.1, 0.15) is 89.6 Å². The summed E-state index contributed by atoms with van der Waals surface area (Å²) in [5, 5.41) is 7.48. The number of rotatable bonds is 12. The first kappa shape index (κ1) is 43.5. The Hall–Kier alpha value is -6.16. The first-order chi connectivity index (χ1) is 30.3. The number of hydrogen-bond acceptors (Lipinski definition) is 10. The SMILES string of the molecule is CC[C@H](C)[C@H](NC(=O)OC)C(=O)N1[C@@H](C)CC[C@H]1c1ncc(-c2ccc3c(c2)COc2cc4c(ccc5nc([C@@H]6C[C@H](COC)CN6C(=O)[C@@H](NC(=O)OC)C(C)C)[nH]c54)cc2-3)[nH]1.